The second-order valence-corrected chi connectivity index (χ2v) is 5.20. The molecule has 2 radical (unpaired) electrons. The maximum atomic E-state index is 11.0. The minimum atomic E-state index is -0.963. The fourth-order valence-corrected chi connectivity index (χ4v) is 2.71. The van der Waals surface area contributed by atoms with Crippen LogP contribution in [0.15, 0.2) is 0 Å². The first-order valence-electron chi connectivity index (χ1n) is 5.87. The van der Waals surface area contributed by atoms with Crippen LogP contribution in [0.25, 0.3) is 0 Å². The van der Waals surface area contributed by atoms with Gasteiger partial charge in [-0.05, 0) is 37.5 Å². The molecule has 18 heavy (non-hydrogen) atoms. The van der Waals surface area contributed by atoms with Gasteiger partial charge in [0, 0.05) is 59.1 Å². The van der Waals surface area contributed by atoms with Crippen LogP contribution in [0.1, 0.15) is 39.5 Å². The number of carboxylic acids is 2. The van der Waals surface area contributed by atoms with Crippen LogP contribution in [0.2, 0.25) is 0 Å². The maximum Gasteiger partial charge on any atom is 0.307 e. The molecule has 0 amide bonds. The number of aliphatic carboxylic acids is 2. The summed E-state index contributed by atoms with van der Waals surface area (Å²) >= 11 is 0. The molecule has 0 spiro atoms. The molecule has 0 aliphatic heterocycles. The van der Waals surface area contributed by atoms with E-state index < -0.39 is 23.8 Å². The fraction of sp³-hybridized carbons (Fsp3) is 0.833. The average molecular weight is 274 g/mol. The predicted octanol–water partition coefficient (Wildman–Crippen LogP) is 1.47. The summed E-state index contributed by atoms with van der Waals surface area (Å²) in [6.07, 6.45) is 2.86. The Kier molecular flexibility index (Phi) is 11.5. The molecule has 0 aromatic heterocycles. The number of carbonyl (C=O) groups is 2. The second kappa shape index (κ2) is 9.78. The molecular formula is C12H20Na2O4. The Hall–Kier alpha value is 0.940. The molecule has 1 fully saturated rings. The molecule has 94 valence electrons. The Labute approximate surface area is 152 Å². The summed E-state index contributed by atoms with van der Waals surface area (Å²) in [7, 11) is 0. The van der Waals surface area contributed by atoms with E-state index >= 15 is 0 Å². The van der Waals surface area contributed by atoms with Crippen molar-refractivity contribution in [1.82, 2.24) is 0 Å². The van der Waals surface area contributed by atoms with Crippen molar-refractivity contribution in [2.45, 2.75) is 39.5 Å². The fourth-order valence-electron chi connectivity index (χ4n) is 2.71. The van der Waals surface area contributed by atoms with E-state index in [0.717, 1.165) is 12.8 Å². The summed E-state index contributed by atoms with van der Waals surface area (Å²) in [6.45, 7) is 4.22. The van der Waals surface area contributed by atoms with E-state index in [4.69, 9.17) is 10.2 Å². The third kappa shape index (κ3) is 6.40. The van der Waals surface area contributed by atoms with E-state index in [9.17, 15) is 9.59 Å². The van der Waals surface area contributed by atoms with Crippen molar-refractivity contribution >= 4 is 71.1 Å². The van der Waals surface area contributed by atoms with E-state index in [0.29, 0.717) is 24.7 Å². The number of hydrogen-bond donors (Lipinski definition) is 2. The Morgan fingerprint density at radius 3 is 1.94 bits per heavy atom. The maximum absolute atomic E-state index is 11.0. The Morgan fingerprint density at radius 2 is 1.56 bits per heavy atom. The first kappa shape index (κ1) is 21.2. The smallest absolute Gasteiger partial charge is 0.307 e. The summed E-state index contributed by atoms with van der Waals surface area (Å²) in [4.78, 5) is 22.0. The van der Waals surface area contributed by atoms with E-state index in [1.807, 2.05) is 0 Å². The molecule has 3 unspecified atom stereocenters. The first-order valence-corrected chi connectivity index (χ1v) is 5.87. The molecular weight excluding hydrogens is 254 g/mol. The van der Waals surface area contributed by atoms with E-state index in [-0.39, 0.29) is 59.1 Å². The molecule has 1 rings (SSSR count). The Bertz CT molecular complexity index is 281. The minimum Gasteiger partial charge on any atom is -0.481 e. The van der Waals surface area contributed by atoms with Crippen molar-refractivity contribution in [1.29, 1.82) is 0 Å². The van der Waals surface area contributed by atoms with Gasteiger partial charge in [-0.3, -0.25) is 9.59 Å². The van der Waals surface area contributed by atoms with Gasteiger partial charge in [0.15, 0.2) is 0 Å². The van der Waals surface area contributed by atoms with Crippen LogP contribution in [0, 0.1) is 23.7 Å². The quantitative estimate of drug-likeness (QED) is 0.761. The van der Waals surface area contributed by atoms with E-state index in [2.05, 4.69) is 13.8 Å². The molecule has 0 heterocycles. The molecule has 0 saturated heterocycles. The standard InChI is InChI=1S/C12H20O4.2Na/c1-7(2)5-8-3-4-9(11(13)14)10(6-8)12(15)16;;/h7-10H,3-6H2,1-2H3,(H,13,14)(H,15,16);;. The molecule has 0 aromatic rings. The Balaban J connectivity index is 0. The third-order valence-electron chi connectivity index (χ3n) is 3.40. The van der Waals surface area contributed by atoms with Gasteiger partial charge in [-0.2, -0.15) is 0 Å². The van der Waals surface area contributed by atoms with Crippen molar-refractivity contribution < 1.29 is 19.8 Å². The van der Waals surface area contributed by atoms with Crippen LogP contribution in [0.4, 0.5) is 0 Å². The number of hydrogen-bond acceptors (Lipinski definition) is 2. The molecule has 1 saturated carbocycles. The first-order chi connectivity index (χ1) is 7.41. The van der Waals surface area contributed by atoms with E-state index in [1.165, 1.54) is 0 Å². The molecule has 6 heteroatoms. The van der Waals surface area contributed by atoms with Crippen LogP contribution < -0.4 is 0 Å². The van der Waals surface area contributed by atoms with Crippen molar-refractivity contribution in [3.05, 3.63) is 0 Å². The van der Waals surface area contributed by atoms with Gasteiger partial charge in [-0.15, -0.1) is 0 Å². The Morgan fingerprint density at radius 1 is 1.06 bits per heavy atom. The third-order valence-corrected chi connectivity index (χ3v) is 3.40. The largest absolute Gasteiger partial charge is 0.481 e. The SMILES string of the molecule is CC(C)CC1CCC(C(=O)O)C(C(=O)O)C1.[Na].[Na]. The topological polar surface area (TPSA) is 74.6 Å². The van der Waals surface area contributed by atoms with Gasteiger partial charge >= 0.3 is 11.9 Å². The zero-order valence-corrected chi connectivity index (χ0v) is 15.8. The summed E-state index contributed by atoms with van der Waals surface area (Å²) in [5.41, 5.74) is 0. The van der Waals surface area contributed by atoms with Gasteiger partial charge in [0.2, 0.25) is 0 Å². The van der Waals surface area contributed by atoms with Crippen molar-refractivity contribution in [2.24, 2.45) is 23.7 Å². The normalized spacial score (nSPS) is 26.9. The van der Waals surface area contributed by atoms with Crippen LogP contribution in [-0.2, 0) is 9.59 Å². The summed E-state index contributed by atoms with van der Waals surface area (Å²) in [6, 6.07) is 0. The zero-order valence-electron chi connectivity index (χ0n) is 11.8. The van der Waals surface area contributed by atoms with E-state index in [1.54, 1.807) is 0 Å². The summed E-state index contributed by atoms with van der Waals surface area (Å²) < 4.78 is 0. The molecule has 3 atom stereocenters. The predicted molar refractivity (Wildman–Crippen MR) is 70.6 cm³/mol. The van der Waals surface area contributed by atoms with Crippen molar-refractivity contribution in [2.75, 3.05) is 0 Å². The molecule has 4 nitrogen and oxygen atoms in total. The summed E-state index contributed by atoms with van der Waals surface area (Å²) in [5.74, 6) is -2.40. The number of carboxylic acid groups (broad SMARTS) is 2. The molecule has 0 aromatic carbocycles. The molecule has 1 aliphatic rings. The molecule has 2 N–H and O–H groups in total. The van der Waals surface area contributed by atoms with Crippen LogP contribution in [-0.4, -0.2) is 81.3 Å². The van der Waals surface area contributed by atoms with Gasteiger partial charge in [-0.25, -0.2) is 0 Å². The monoisotopic (exact) mass is 274 g/mol. The van der Waals surface area contributed by atoms with Gasteiger partial charge in [0.05, 0.1) is 11.8 Å². The van der Waals surface area contributed by atoms with Crippen LogP contribution >= 0.6 is 0 Å². The van der Waals surface area contributed by atoms with Crippen LogP contribution in [0.3, 0.4) is 0 Å². The van der Waals surface area contributed by atoms with Gasteiger partial charge in [0.25, 0.3) is 0 Å². The van der Waals surface area contributed by atoms with Crippen molar-refractivity contribution in [3.8, 4) is 0 Å². The molecule has 0 bridgehead atoms. The van der Waals surface area contributed by atoms with Gasteiger partial charge in [-0.1, -0.05) is 13.8 Å². The average Bonchev–Trinajstić information content (AvgIpc) is 2.16. The minimum absolute atomic E-state index is 0. The number of rotatable bonds is 4. The second-order valence-electron chi connectivity index (χ2n) is 5.20. The zero-order chi connectivity index (χ0) is 12.3. The van der Waals surface area contributed by atoms with Crippen molar-refractivity contribution in [3.63, 3.8) is 0 Å². The van der Waals surface area contributed by atoms with Gasteiger partial charge < -0.3 is 10.2 Å². The summed E-state index contributed by atoms with van der Waals surface area (Å²) in [5, 5.41) is 18.0. The molecule has 1 aliphatic carbocycles. The van der Waals surface area contributed by atoms with Gasteiger partial charge in [0.1, 0.15) is 0 Å². The van der Waals surface area contributed by atoms with Crippen LogP contribution in [0.5, 0.6) is 0 Å².